The van der Waals surface area contributed by atoms with Crippen molar-refractivity contribution < 1.29 is 32.5 Å². The molecular weight excluding hydrogens is 473 g/mol. The second kappa shape index (κ2) is 9.95. The van der Waals surface area contributed by atoms with Gasteiger partial charge in [0.05, 0.1) is 10.6 Å². The Morgan fingerprint density at radius 3 is 2.64 bits per heavy atom. The van der Waals surface area contributed by atoms with Gasteiger partial charge in [0, 0.05) is 26.2 Å². The molecule has 0 radical (unpaired) electrons. The quantitative estimate of drug-likeness (QED) is 0.431. The molecule has 180 valence electrons. The lowest BCUT2D eigenvalue weighted by Gasteiger charge is -2.40. The summed E-state index contributed by atoms with van der Waals surface area (Å²) in [4.78, 5) is 39.8. The van der Waals surface area contributed by atoms with Crippen molar-refractivity contribution >= 4 is 39.5 Å². The van der Waals surface area contributed by atoms with Crippen LogP contribution in [0.2, 0.25) is 0 Å². The van der Waals surface area contributed by atoms with Gasteiger partial charge in [-0.05, 0) is 37.1 Å². The lowest BCUT2D eigenvalue weighted by Crippen LogP contribution is -2.90. The van der Waals surface area contributed by atoms with Gasteiger partial charge < -0.3 is 20.9 Å². The summed E-state index contributed by atoms with van der Waals surface area (Å²) in [5, 5.41) is 7.30. The highest BCUT2D eigenvalue weighted by molar-refractivity contribution is 7.99. The highest BCUT2D eigenvalue weighted by Crippen LogP contribution is 2.22. The van der Waals surface area contributed by atoms with Gasteiger partial charge in [0.15, 0.2) is 6.04 Å². The molecule has 3 atom stereocenters. The number of piperazine rings is 1. The number of piperidine rings is 1. The Morgan fingerprint density at radius 1 is 1.21 bits per heavy atom. The van der Waals surface area contributed by atoms with Crippen LogP contribution in [0, 0.1) is 5.82 Å². The van der Waals surface area contributed by atoms with Crippen LogP contribution in [0.5, 0.6) is 0 Å². The SMILES string of the molecule is O=C1NCCC[C@@H]1NC(=O)[C@@H]1CN(S(=O)(=O)c2ccc(F)cc2)CCN1C(=O)[C@@H]1CSC[NH2+]1. The number of carbonyl (C=O) groups is 3. The maximum atomic E-state index is 13.3. The predicted octanol–water partition coefficient (Wildman–Crippen LogP) is -1.94. The number of halogens is 1. The number of benzene rings is 1. The molecule has 3 aliphatic rings. The minimum atomic E-state index is -4.00. The Bertz CT molecular complexity index is 1020. The molecule has 1 aromatic carbocycles. The highest BCUT2D eigenvalue weighted by Gasteiger charge is 2.44. The molecule has 3 amide bonds. The third kappa shape index (κ3) is 5.15. The van der Waals surface area contributed by atoms with Crippen LogP contribution in [0.15, 0.2) is 29.2 Å². The van der Waals surface area contributed by atoms with Crippen LogP contribution in [0.1, 0.15) is 12.8 Å². The van der Waals surface area contributed by atoms with Crippen LogP contribution >= 0.6 is 11.8 Å². The second-order valence-electron chi connectivity index (χ2n) is 8.24. The average molecular weight is 501 g/mol. The molecule has 3 heterocycles. The molecule has 0 unspecified atom stereocenters. The molecule has 3 fully saturated rings. The average Bonchev–Trinajstić information content (AvgIpc) is 3.35. The monoisotopic (exact) mass is 500 g/mol. The van der Waals surface area contributed by atoms with Crippen LogP contribution in [0.25, 0.3) is 0 Å². The fourth-order valence-electron chi connectivity index (χ4n) is 4.23. The molecule has 3 aliphatic heterocycles. The van der Waals surface area contributed by atoms with E-state index in [1.807, 2.05) is 5.32 Å². The topological polar surface area (TPSA) is 132 Å². The van der Waals surface area contributed by atoms with E-state index in [0.717, 1.165) is 22.3 Å². The van der Waals surface area contributed by atoms with Gasteiger partial charge in [0.2, 0.25) is 21.8 Å². The van der Waals surface area contributed by atoms with E-state index in [-0.39, 0.29) is 42.4 Å². The fraction of sp³-hybridized carbons (Fsp3) is 0.550. The molecule has 0 saturated carbocycles. The molecule has 4 N–H and O–H groups in total. The molecule has 33 heavy (non-hydrogen) atoms. The van der Waals surface area contributed by atoms with Crippen LogP contribution in [-0.2, 0) is 24.4 Å². The number of hydrogen-bond acceptors (Lipinski definition) is 6. The Kier molecular flexibility index (Phi) is 7.22. The zero-order valence-electron chi connectivity index (χ0n) is 17.9. The van der Waals surface area contributed by atoms with Crippen molar-refractivity contribution in [2.75, 3.05) is 37.8 Å². The van der Waals surface area contributed by atoms with Crippen LogP contribution in [0.3, 0.4) is 0 Å². The van der Waals surface area contributed by atoms with Gasteiger partial charge >= 0.3 is 0 Å². The number of quaternary nitrogens is 1. The molecule has 0 aliphatic carbocycles. The Hall–Kier alpha value is -2.22. The Morgan fingerprint density at radius 2 is 1.97 bits per heavy atom. The van der Waals surface area contributed by atoms with Gasteiger partial charge in [0.25, 0.3) is 5.91 Å². The van der Waals surface area contributed by atoms with Gasteiger partial charge in [-0.3, -0.25) is 14.4 Å². The van der Waals surface area contributed by atoms with Crippen molar-refractivity contribution in [2.24, 2.45) is 0 Å². The fourth-order valence-corrected chi connectivity index (χ4v) is 6.70. The van der Waals surface area contributed by atoms with E-state index in [2.05, 4.69) is 10.6 Å². The number of nitrogens with zero attached hydrogens (tertiary/aromatic N) is 2. The predicted molar refractivity (Wildman–Crippen MR) is 118 cm³/mol. The number of carbonyl (C=O) groups excluding carboxylic acids is 3. The summed E-state index contributed by atoms with van der Waals surface area (Å²) >= 11 is 1.62. The van der Waals surface area contributed by atoms with Crippen LogP contribution in [0.4, 0.5) is 4.39 Å². The number of amides is 3. The number of rotatable bonds is 5. The molecule has 4 rings (SSSR count). The first-order valence-corrected chi connectivity index (χ1v) is 13.4. The molecule has 13 heteroatoms. The minimum absolute atomic E-state index is 0.0129. The van der Waals surface area contributed by atoms with E-state index < -0.39 is 33.8 Å². The number of thioether (sulfide) groups is 1. The summed E-state index contributed by atoms with van der Waals surface area (Å²) in [7, 11) is -4.00. The van der Waals surface area contributed by atoms with Gasteiger partial charge in [-0.2, -0.15) is 4.31 Å². The molecule has 0 spiro atoms. The summed E-state index contributed by atoms with van der Waals surface area (Å²) < 4.78 is 40.7. The van der Waals surface area contributed by atoms with E-state index in [4.69, 9.17) is 0 Å². The summed E-state index contributed by atoms with van der Waals surface area (Å²) in [5.41, 5.74) is 0. The summed E-state index contributed by atoms with van der Waals surface area (Å²) in [6.45, 7) is 0.353. The van der Waals surface area contributed by atoms with Crippen molar-refractivity contribution in [3.63, 3.8) is 0 Å². The first-order chi connectivity index (χ1) is 15.8. The zero-order valence-corrected chi connectivity index (χ0v) is 19.5. The maximum Gasteiger partial charge on any atom is 0.282 e. The van der Waals surface area contributed by atoms with Gasteiger partial charge in [-0.1, -0.05) is 11.8 Å². The third-order valence-corrected chi connectivity index (χ3v) is 9.00. The van der Waals surface area contributed by atoms with Crippen molar-refractivity contribution in [1.29, 1.82) is 0 Å². The smallest absolute Gasteiger partial charge is 0.282 e. The highest BCUT2D eigenvalue weighted by atomic mass is 32.2. The van der Waals surface area contributed by atoms with Gasteiger partial charge in [-0.25, -0.2) is 12.8 Å². The number of nitrogens with one attached hydrogen (secondary N) is 2. The van der Waals surface area contributed by atoms with Crippen LogP contribution in [-0.4, -0.2) is 91.3 Å². The number of nitrogens with two attached hydrogens (primary N) is 1. The van der Waals surface area contributed by atoms with Crippen molar-refractivity contribution in [3.8, 4) is 0 Å². The van der Waals surface area contributed by atoms with Crippen LogP contribution < -0.4 is 16.0 Å². The molecule has 0 aromatic heterocycles. The first kappa shape index (κ1) is 23.9. The van der Waals surface area contributed by atoms with E-state index in [9.17, 15) is 27.2 Å². The van der Waals surface area contributed by atoms with E-state index in [0.29, 0.717) is 25.1 Å². The Labute approximate surface area is 195 Å². The normalized spacial score (nSPS) is 26.6. The van der Waals surface area contributed by atoms with Gasteiger partial charge in [-0.15, -0.1) is 0 Å². The molecule has 3 saturated heterocycles. The third-order valence-electron chi connectivity index (χ3n) is 6.10. The number of sulfonamides is 1. The van der Waals surface area contributed by atoms with E-state index in [1.165, 1.54) is 17.0 Å². The van der Waals surface area contributed by atoms with Crippen molar-refractivity contribution in [3.05, 3.63) is 30.1 Å². The summed E-state index contributed by atoms with van der Waals surface area (Å²) in [6, 6.07) is 2.35. The summed E-state index contributed by atoms with van der Waals surface area (Å²) in [5.74, 6) is -0.263. The van der Waals surface area contributed by atoms with Gasteiger partial charge in [0.1, 0.15) is 23.8 Å². The number of hydrogen-bond donors (Lipinski definition) is 3. The van der Waals surface area contributed by atoms with Crippen molar-refractivity contribution in [2.45, 2.75) is 35.9 Å². The second-order valence-corrected chi connectivity index (χ2v) is 11.3. The molecule has 0 bridgehead atoms. The largest absolute Gasteiger partial charge is 0.354 e. The molecule has 10 nitrogen and oxygen atoms in total. The Balaban J connectivity index is 1.56. The summed E-state index contributed by atoms with van der Waals surface area (Å²) in [6.07, 6.45) is 1.19. The lowest BCUT2D eigenvalue weighted by atomic mass is 10.1. The first-order valence-electron chi connectivity index (χ1n) is 10.8. The molecule has 1 aromatic rings. The standard InChI is InChI=1S/C20H26FN5O5S2/c21-13-3-5-14(6-4-13)33(30,31)25-8-9-26(20(29)16-11-32-12-23-16)17(10-25)19(28)24-15-2-1-7-22-18(15)27/h3-6,15-17,23H,1-2,7-12H2,(H,22,27)(H,24,28)/p+1/t15-,16-,17-/m0/s1. The van der Waals surface area contributed by atoms with Crippen molar-refractivity contribution in [1.82, 2.24) is 19.8 Å². The minimum Gasteiger partial charge on any atom is -0.354 e. The molecular formula is C20H27FN5O5S2+. The lowest BCUT2D eigenvalue weighted by molar-refractivity contribution is -0.649. The maximum absolute atomic E-state index is 13.3. The van der Waals surface area contributed by atoms with E-state index in [1.54, 1.807) is 11.8 Å². The zero-order chi connectivity index (χ0) is 23.6. The van der Waals surface area contributed by atoms with E-state index >= 15 is 0 Å².